The van der Waals surface area contributed by atoms with Crippen molar-refractivity contribution in [2.45, 2.75) is 13.0 Å². The SMILES string of the molecule is CN(Cc1ccc(F)cc1)CC1CC1CNC(=O)Nc1cccc(-c2nnnn2C)c1. The zero-order valence-electron chi connectivity index (χ0n) is 17.6. The number of benzene rings is 2. The second-order valence-electron chi connectivity index (χ2n) is 8.12. The highest BCUT2D eigenvalue weighted by molar-refractivity contribution is 5.89. The van der Waals surface area contributed by atoms with E-state index in [-0.39, 0.29) is 11.8 Å². The number of tetrazole rings is 1. The Morgan fingerprint density at radius 1 is 1.23 bits per heavy atom. The number of carbonyl (C=O) groups is 1. The average Bonchev–Trinajstić information content (AvgIpc) is 3.34. The predicted molar refractivity (Wildman–Crippen MR) is 116 cm³/mol. The molecule has 0 spiro atoms. The third kappa shape index (κ3) is 5.64. The molecule has 0 saturated heterocycles. The summed E-state index contributed by atoms with van der Waals surface area (Å²) in [6, 6.07) is 13.8. The molecular weight excluding hydrogens is 397 g/mol. The lowest BCUT2D eigenvalue weighted by Gasteiger charge is -2.16. The maximum Gasteiger partial charge on any atom is 0.319 e. The van der Waals surface area contributed by atoms with Crippen LogP contribution in [0.15, 0.2) is 48.5 Å². The van der Waals surface area contributed by atoms with Crippen molar-refractivity contribution in [1.29, 1.82) is 0 Å². The molecule has 1 fully saturated rings. The smallest absolute Gasteiger partial charge is 0.319 e. The number of nitrogens with zero attached hydrogens (tertiary/aromatic N) is 5. The second kappa shape index (κ2) is 9.22. The Morgan fingerprint density at radius 2 is 2.03 bits per heavy atom. The number of hydrogen-bond acceptors (Lipinski definition) is 5. The second-order valence-corrected chi connectivity index (χ2v) is 8.12. The number of rotatable bonds is 8. The molecule has 0 aliphatic heterocycles. The van der Waals surface area contributed by atoms with E-state index in [2.05, 4.69) is 38.1 Å². The van der Waals surface area contributed by atoms with Gasteiger partial charge in [-0.25, -0.2) is 13.9 Å². The van der Waals surface area contributed by atoms with Gasteiger partial charge < -0.3 is 15.5 Å². The number of anilines is 1. The Bertz CT molecular complexity index is 1040. The van der Waals surface area contributed by atoms with E-state index in [1.165, 1.54) is 12.1 Å². The molecule has 2 unspecified atom stereocenters. The summed E-state index contributed by atoms with van der Waals surface area (Å²) in [5, 5.41) is 17.3. The Morgan fingerprint density at radius 3 is 2.77 bits per heavy atom. The van der Waals surface area contributed by atoms with Crippen LogP contribution in [-0.2, 0) is 13.6 Å². The highest BCUT2D eigenvalue weighted by Crippen LogP contribution is 2.38. The molecule has 1 saturated carbocycles. The summed E-state index contributed by atoms with van der Waals surface area (Å²) >= 11 is 0. The summed E-state index contributed by atoms with van der Waals surface area (Å²) < 4.78 is 14.6. The lowest BCUT2D eigenvalue weighted by Crippen LogP contribution is -2.31. The van der Waals surface area contributed by atoms with Crippen molar-refractivity contribution in [2.75, 3.05) is 25.5 Å². The van der Waals surface area contributed by atoms with Crippen molar-refractivity contribution in [3.8, 4) is 11.4 Å². The first-order chi connectivity index (χ1) is 15.0. The topological polar surface area (TPSA) is 88.0 Å². The van der Waals surface area contributed by atoms with Gasteiger partial charge in [0.1, 0.15) is 5.82 Å². The highest BCUT2D eigenvalue weighted by Gasteiger charge is 2.37. The van der Waals surface area contributed by atoms with Crippen LogP contribution in [0.5, 0.6) is 0 Å². The zero-order chi connectivity index (χ0) is 21.8. The summed E-state index contributed by atoms with van der Waals surface area (Å²) in [7, 11) is 3.84. The minimum absolute atomic E-state index is 0.213. The Labute approximate surface area is 180 Å². The van der Waals surface area contributed by atoms with Gasteiger partial charge in [-0.3, -0.25) is 0 Å². The zero-order valence-corrected chi connectivity index (χ0v) is 17.6. The molecule has 1 aromatic heterocycles. The quantitative estimate of drug-likeness (QED) is 0.582. The molecule has 8 nitrogen and oxygen atoms in total. The van der Waals surface area contributed by atoms with Gasteiger partial charge in [-0.05, 0) is 65.6 Å². The summed E-state index contributed by atoms with van der Waals surface area (Å²) in [6.45, 7) is 2.39. The molecule has 0 bridgehead atoms. The van der Waals surface area contributed by atoms with Gasteiger partial charge in [0.05, 0.1) is 0 Å². The number of urea groups is 1. The molecule has 2 aromatic carbocycles. The first-order valence-corrected chi connectivity index (χ1v) is 10.3. The predicted octanol–water partition coefficient (Wildman–Crippen LogP) is 2.91. The van der Waals surface area contributed by atoms with Crippen LogP contribution in [0.2, 0.25) is 0 Å². The summed E-state index contributed by atoms with van der Waals surface area (Å²) in [5.41, 5.74) is 2.61. The molecule has 2 amide bonds. The maximum atomic E-state index is 13.0. The van der Waals surface area contributed by atoms with Gasteiger partial charge in [0.2, 0.25) is 0 Å². The third-order valence-electron chi connectivity index (χ3n) is 5.50. The van der Waals surface area contributed by atoms with E-state index in [0.29, 0.717) is 29.9 Å². The molecule has 31 heavy (non-hydrogen) atoms. The summed E-state index contributed by atoms with van der Waals surface area (Å²) in [4.78, 5) is 14.5. The van der Waals surface area contributed by atoms with Crippen LogP contribution in [0.4, 0.5) is 14.9 Å². The molecule has 4 rings (SSSR count). The lowest BCUT2D eigenvalue weighted by atomic mass is 10.2. The van der Waals surface area contributed by atoms with Crippen molar-refractivity contribution in [2.24, 2.45) is 18.9 Å². The van der Waals surface area contributed by atoms with Crippen LogP contribution >= 0.6 is 0 Å². The molecule has 3 aromatic rings. The van der Waals surface area contributed by atoms with Crippen LogP contribution in [0.1, 0.15) is 12.0 Å². The highest BCUT2D eigenvalue weighted by atomic mass is 19.1. The van der Waals surface area contributed by atoms with Crippen LogP contribution in [-0.4, -0.2) is 51.3 Å². The van der Waals surface area contributed by atoms with Crippen molar-refractivity contribution in [3.05, 3.63) is 59.9 Å². The monoisotopic (exact) mass is 423 g/mol. The fourth-order valence-electron chi connectivity index (χ4n) is 3.76. The van der Waals surface area contributed by atoms with Gasteiger partial charge in [-0.1, -0.05) is 24.3 Å². The van der Waals surface area contributed by atoms with Gasteiger partial charge in [0.25, 0.3) is 0 Å². The summed E-state index contributed by atoms with van der Waals surface area (Å²) in [6.07, 6.45) is 1.10. The van der Waals surface area contributed by atoms with Crippen molar-refractivity contribution in [1.82, 2.24) is 30.4 Å². The van der Waals surface area contributed by atoms with E-state index in [1.807, 2.05) is 36.4 Å². The molecule has 1 aliphatic carbocycles. The van der Waals surface area contributed by atoms with Crippen LogP contribution in [0.3, 0.4) is 0 Å². The number of amides is 2. The largest absolute Gasteiger partial charge is 0.338 e. The molecule has 2 N–H and O–H groups in total. The fourth-order valence-corrected chi connectivity index (χ4v) is 3.76. The number of hydrogen-bond donors (Lipinski definition) is 2. The van der Waals surface area contributed by atoms with E-state index in [1.54, 1.807) is 11.7 Å². The van der Waals surface area contributed by atoms with Gasteiger partial charge in [0.15, 0.2) is 5.82 Å². The molecule has 0 radical (unpaired) electrons. The molecular formula is C22H26FN7O. The Kier molecular flexibility index (Phi) is 6.22. The standard InChI is InChI=1S/C22H26FN7O/c1-29(13-15-6-8-19(23)9-7-15)14-18-10-17(18)12-24-22(31)25-20-5-3-4-16(11-20)21-26-27-28-30(21)2/h3-9,11,17-18H,10,12-14H2,1-2H3,(H2,24,25,31). The van der Waals surface area contributed by atoms with Gasteiger partial charge in [-0.2, -0.15) is 0 Å². The fraction of sp³-hybridized carbons (Fsp3) is 0.364. The van der Waals surface area contributed by atoms with Gasteiger partial charge in [0, 0.05) is 37.9 Å². The van der Waals surface area contributed by atoms with Crippen LogP contribution < -0.4 is 10.6 Å². The summed E-state index contributed by atoms with van der Waals surface area (Å²) in [5.74, 6) is 1.47. The number of aromatic nitrogens is 4. The maximum absolute atomic E-state index is 13.0. The molecule has 9 heteroatoms. The first kappa shape index (κ1) is 20.9. The van der Waals surface area contributed by atoms with Crippen LogP contribution in [0.25, 0.3) is 11.4 Å². The number of carbonyl (C=O) groups excluding carboxylic acids is 1. The van der Waals surface area contributed by atoms with Crippen molar-refractivity contribution >= 4 is 11.7 Å². The molecule has 162 valence electrons. The Balaban J connectivity index is 1.20. The van der Waals surface area contributed by atoms with E-state index < -0.39 is 0 Å². The van der Waals surface area contributed by atoms with E-state index >= 15 is 0 Å². The van der Waals surface area contributed by atoms with Crippen molar-refractivity contribution < 1.29 is 9.18 Å². The minimum Gasteiger partial charge on any atom is -0.338 e. The van der Waals surface area contributed by atoms with E-state index in [4.69, 9.17) is 0 Å². The lowest BCUT2D eigenvalue weighted by molar-refractivity contribution is 0.251. The van der Waals surface area contributed by atoms with E-state index in [9.17, 15) is 9.18 Å². The molecule has 2 atom stereocenters. The average molecular weight is 423 g/mol. The van der Waals surface area contributed by atoms with Crippen LogP contribution in [0, 0.1) is 17.7 Å². The van der Waals surface area contributed by atoms with E-state index in [0.717, 1.165) is 30.6 Å². The number of halogens is 1. The Hall–Kier alpha value is -3.33. The van der Waals surface area contributed by atoms with Gasteiger partial charge >= 0.3 is 6.03 Å². The van der Waals surface area contributed by atoms with Gasteiger partial charge in [-0.15, -0.1) is 5.10 Å². The normalized spacial score (nSPS) is 17.5. The third-order valence-corrected chi connectivity index (χ3v) is 5.50. The molecule has 1 aliphatic rings. The first-order valence-electron chi connectivity index (χ1n) is 10.3. The minimum atomic E-state index is -0.224. The molecule has 1 heterocycles. The van der Waals surface area contributed by atoms with Crippen molar-refractivity contribution in [3.63, 3.8) is 0 Å². The number of aryl methyl sites for hydroxylation is 1. The number of nitrogens with one attached hydrogen (secondary N) is 2.